The van der Waals surface area contributed by atoms with Crippen LogP contribution in [0.1, 0.15) is 39.0 Å². The van der Waals surface area contributed by atoms with Crippen LogP contribution in [0.3, 0.4) is 0 Å². The monoisotopic (exact) mass is 354 g/mol. The first-order chi connectivity index (χ1) is 11.2. The number of nitrogens with two attached hydrogens (primary N) is 1. The molecule has 0 fully saturated rings. The van der Waals surface area contributed by atoms with Gasteiger partial charge in [-0.2, -0.15) is 0 Å². The highest BCUT2D eigenvalue weighted by molar-refractivity contribution is 7.09. The lowest BCUT2D eigenvalue weighted by Crippen LogP contribution is -2.40. The van der Waals surface area contributed by atoms with Gasteiger partial charge < -0.3 is 20.7 Å². The van der Waals surface area contributed by atoms with Crippen LogP contribution < -0.4 is 11.1 Å². The van der Waals surface area contributed by atoms with E-state index in [1.54, 1.807) is 23.3 Å². The van der Waals surface area contributed by atoms with E-state index in [-0.39, 0.29) is 12.1 Å². The first-order valence-corrected chi connectivity index (χ1v) is 9.09. The fourth-order valence-electron chi connectivity index (χ4n) is 1.90. The van der Waals surface area contributed by atoms with Gasteiger partial charge in [0.25, 0.3) is 0 Å². The van der Waals surface area contributed by atoms with Crippen molar-refractivity contribution in [2.24, 2.45) is 10.7 Å². The van der Waals surface area contributed by atoms with Crippen molar-refractivity contribution in [1.29, 1.82) is 0 Å². The van der Waals surface area contributed by atoms with Crippen molar-refractivity contribution in [3.63, 3.8) is 0 Å². The van der Waals surface area contributed by atoms with Gasteiger partial charge in [0.2, 0.25) is 0 Å². The highest BCUT2D eigenvalue weighted by Gasteiger charge is 2.22. The number of hydrogen-bond acceptors (Lipinski definition) is 4. The first kappa shape index (κ1) is 20.3. The van der Waals surface area contributed by atoms with Crippen LogP contribution in [0.2, 0.25) is 0 Å². The molecule has 1 aromatic heterocycles. The van der Waals surface area contributed by atoms with Gasteiger partial charge in [-0.3, -0.25) is 4.99 Å². The summed E-state index contributed by atoms with van der Waals surface area (Å²) in [5.41, 5.74) is 5.37. The second kappa shape index (κ2) is 9.52. The Balaban J connectivity index is 2.27. The Morgan fingerprint density at radius 3 is 2.79 bits per heavy atom. The van der Waals surface area contributed by atoms with Crippen molar-refractivity contribution in [3.8, 4) is 0 Å². The Hall–Kier alpha value is -1.76. The van der Waals surface area contributed by atoms with E-state index < -0.39 is 5.60 Å². The van der Waals surface area contributed by atoms with Gasteiger partial charge >= 0.3 is 6.09 Å². The zero-order valence-corrected chi connectivity index (χ0v) is 16.2. The van der Waals surface area contributed by atoms with Crippen LogP contribution in [-0.2, 0) is 11.2 Å². The lowest BCUT2D eigenvalue weighted by molar-refractivity contribution is 0.0231. The molecular formula is C17H30N4O2S. The Labute approximate surface area is 149 Å². The van der Waals surface area contributed by atoms with Gasteiger partial charge in [-0.05, 0) is 52.0 Å². The van der Waals surface area contributed by atoms with Crippen LogP contribution in [0.25, 0.3) is 0 Å². The average molecular weight is 355 g/mol. The highest BCUT2D eigenvalue weighted by Crippen LogP contribution is 2.12. The predicted octanol–water partition coefficient (Wildman–Crippen LogP) is 2.84. The molecule has 7 heteroatoms. The summed E-state index contributed by atoms with van der Waals surface area (Å²) in [4.78, 5) is 19.2. The maximum atomic E-state index is 12.0. The molecule has 0 spiro atoms. The number of carbonyl (C=O) groups excluding carboxylic acids is 1. The third kappa shape index (κ3) is 8.19. The van der Waals surface area contributed by atoms with E-state index in [4.69, 9.17) is 10.5 Å². The van der Waals surface area contributed by atoms with E-state index in [9.17, 15) is 4.79 Å². The normalized spacial score (nSPS) is 13.5. The molecule has 1 atom stereocenters. The van der Waals surface area contributed by atoms with Crippen molar-refractivity contribution >= 4 is 23.4 Å². The van der Waals surface area contributed by atoms with E-state index in [1.807, 2.05) is 33.8 Å². The highest BCUT2D eigenvalue weighted by atomic mass is 32.1. The minimum absolute atomic E-state index is 0.0301. The Kier molecular flexibility index (Phi) is 8.04. The van der Waals surface area contributed by atoms with E-state index in [0.29, 0.717) is 12.5 Å². The standard InChI is InChI=1S/C17H30N4O2S/c1-13(21(5)16(22)23-17(2,3)4)8-10-19-15(18)20-11-9-14-7-6-12-24-14/h6-7,12-13H,8-11H2,1-5H3,(H3,18,19,20). The molecule has 1 aromatic rings. The number of hydrogen-bond donors (Lipinski definition) is 2. The molecule has 136 valence electrons. The molecule has 0 aliphatic heterocycles. The summed E-state index contributed by atoms with van der Waals surface area (Å²) in [5.74, 6) is 0.443. The summed E-state index contributed by atoms with van der Waals surface area (Å²) in [6.07, 6.45) is 1.34. The zero-order valence-electron chi connectivity index (χ0n) is 15.3. The maximum absolute atomic E-state index is 12.0. The predicted molar refractivity (Wildman–Crippen MR) is 101 cm³/mol. The number of guanidine groups is 1. The molecule has 1 unspecified atom stereocenters. The topological polar surface area (TPSA) is 80.0 Å². The number of ether oxygens (including phenoxy) is 1. The molecule has 1 heterocycles. The minimum atomic E-state index is -0.486. The summed E-state index contributed by atoms with van der Waals surface area (Å²) in [7, 11) is 1.74. The van der Waals surface area contributed by atoms with E-state index in [1.165, 1.54) is 4.88 Å². The van der Waals surface area contributed by atoms with Gasteiger partial charge in [0.15, 0.2) is 5.96 Å². The fraction of sp³-hybridized carbons (Fsp3) is 0.647. The third-order valence-corrected chi connectivity index (χ3v) is 4.37. The molecular weight excluding hydrogens is 324 g/mol. The molecule has 0 aromatic carbocycles. The van der Waals surface area contributed by atoms with Gasteiger partial charge in [0.05, 0.1) is 0 Å². The van der Waals surface area contributed by atoms with Crippen molar-refractivity contribution in [1.82, 2.24) is 10.2 Å². The van der Waals surface area contributed by atoms with Crippen molar-refractivity contribution in [2.45, 2.75) is 52.2 Å². The molecule has 1 amide bonds. The Bertz CT molecular complexity index is 523. The smallest absolute Gasteiger partial charge is 0.410 e. The van der Waals surface area contributed by atoms with Crippen LogP contribution in [0.5, 0.6) is 0 Å². The largest absolute Gasteiger partial charge is 0.444 e. The van der Waals surface area contributed by atoms with Gasteiger partial charge in [0.1, 0.15) is 5.60 Å². The van der Waals surface area contributed by atoms with Crippen LogP contribution in [0.4, 0.5) is 4.79 Å². The lowest BCUT2D eigenvalue weighted by atomic mass is 10.2. The number of rotatable bonds is 7. The fourth-order valence-corrected chi connectivity index (χ4v) is 2.61. The van der Waals surface area contributed by atoms with E-state index in [0.717, 1.165) is 19.4 Å². The molecule has 0 aliphatic carbocycles. The summed E-state index contributed by atoms with van der Waals surface area (Å²) >= 11 is 1.74. The molecule has 0 saturated carbocycles. The first-order valence-electron chi connectivity index (χ1n) is 8.21. The SMILES string of the molecule is CC(CCN=C(N)NCCc1cccs1)N(C)C(=O)OC(C)(C)C. The van der Waals surface area contributed by atoms with Gasteiger partial charge in [-0.25, -0.2) is 4.79 Å². The maximum Gasteiger partial charge on any atom is 0.410 e. The van der Waals surface area contributed by atoms with Crippen molar-refractivity contribution in [3.05, 3.63) is 22.4 Å². The molecule has 6 nitrogen and oxygen atoms in total. The van der Waals surface area contributed by atoms with Gasteiger partial charge in [-0.1, -0.05) is 6.07 Å². The number of amides is 1. The van der Waals surface area contributed by atoms with Crippen LogP contribution >= 0.6 is 11.3 Å². The van der Waals surface area contributed by atoms with Gasteiger partial charge in [-0.15, -0.1) is 11.3 Å². The number of thiophene rings is 1. The van der Waals surface area contributed by atoms with E-state index in [2.05, 4.69) is 21.8 Å². The molecule has 0 radical (unpaired) electrons. The quantitative estimate of drug-likeness (QED) is 0.583. The summed E-state index contributed by atoms with van der Waals surface area (Å²) in [6.45, 7) is 8.87. The second-order valence-corrected chi connectivity index (χ2v) is 7.78. The average Bonchev–Trinajstić information content (AvgIpc) is 2.97. The third-order valence-electron chi connectivity index (χ3n) is 3.43. The molecule has 0 saturated heterocycles. The van der Waals surface area contributed by atoms with Crippen LogP contribution in [-0.4, -0.2) is 48.7 Å². The Morgan fingerprint density at radius 2 is 2.21 bits per heavy atom. The number of carbonyl (C=O) groups is 1. The molecule has 3 N–H and O–H groups in total. The number of nitrogens with zero attached hydrogens (tertiary/aromatic N) is 2. The Morgan fingerprint density at radius 1 is 1.50 bits per heavy atom. The summed E-state index contributed by atoms with van der Waals surface area (Å²) < 4.78 is 5.35. The number of aliphatic imine (C=N–C) groups is 1. The molecule has 0 bridgehead atoms. The molecule has 1 rings (SSSR count). The molecule has 0 aliphatic rings. The van der Waals surface area contributed by atoms with Gasteiger partial charge in [0, 0.05) is 31.1 Å². The minimum Gasteiger partial charge on any atom is -0.444 e. The lowest BCUT2D eigenvalue weighted by Gasteiger charge is -2.28. The molecule has 24 heavy (non-hydrogen) atoms. The van der Waals surface area contributed by atoms with Crippen LogP contribution in [0.15, 0.2) is 22.5 Å². The van der Waals surface area contributed by atoms with Crippen molar-refractivity contribution in [2.75, 3.05) is 20.1 Å². The summed E-state index contributed by atoms with van der Waals surface area (Å²) in [5, 5.41) is 5.17. The summed E-state index contributed by atoms with van der Waals surface area (Å²) in [6, 6.07) is 4.18. The van der Waals surface area contributed by atoms with Crippen molar-refractivity contribution < 1.29 is 9.53 Å². The van der Waals surface area contributed by atoms with Crippen LogP contribution in [0, 0.1) is 0 Å². The zero-order chi connectivity index (χ0) is 18.2. The van der Waals surface area contributed by atoms with E-state index >= 15 is 0 Å². The number of nitrogens with one attached hydrogen (secondary N) is 1. The second-order valence-electron chi connectivity index (χ2n) is 6.75.